The Hall–Kier alpha value is -1.65. The van der Waals surface area contributed by atoms with Gasteiger partial charge in [-0.1, -0.05) is 6.92 Å². The molecule has 1 aromatic carbocycles. The molecule has 0 saturated heterocycles. The van der Waals surface area contributed by atoms with Crippen LogP contribution in [0.2, 0.25) is 0 Å². The lowest BCUT2D eigenvalue weighted by Gasteiger charge is -2.22. The van der Waals surface area contributed by atoms with Crippen LogP contribution >= 0.6 is 0 Å². The Morgan fingerprint density at radius 3 is 2.24 bits per heavy atom. The van der Waals surface area contributed by atoms with Crippen molar-refractivity contribution in [3.8, 4) is 5.75 Å². The molecule has 0 N–H and O–H groups in total. The summed E-state index contributed by atoms with van der Waals surface area (Å²) in [4.78, 5) is 11.3. The van der Waals surface area contributed by atoms with Crippen molar-refractivity contribution in [1.29, 1.82) is 0 Å². The summed E-state index contributed by atoms with van der Waals surface area (Å²) < 4.78 is 35.3. The molecule has 0 unspecified atom stereocenters. The van der Waals surface area contributed by atoms with Gasteiger partial charge >= 0.3 is 6.16 Å². The molecule has 0 fully saturated rings. The molecule has 0 amide bonds. The van der Waals surface area contributed by atoms with Crippen LogP contribution in [0.25, 0.3) is 0 Å². The molecule has 0 radical (unpaired) electrons. The summed E-state index contributed by atoms with van der Waals surface area (Å²) in [7, 11) is 0. The van der Waals surface area contributed by atoms with Crippen molar-refractivity contribution >= 4 is 6.16 Å². The Bertz CT molecular complexity index is 396. The summed E-state index contributed by atoms with van der Waals surface area (Å²) in [6, 6.07) is 2.50. The normalized spacial score (nSPS) is 11.1. The molecule has 3 nitrogen and oxygen atoms in total. The van der Waals surface area contributed by atoms with Crippen LogP contribution < -0.4 is 4.74 Å². The molecule has 0 heterocycles. The highest BCUT2D eigenvalue weighted by atomic mass is 19.1. The van der Waals surface area contributed by atoms with Gasteiger partial charge in [0, 0.05) is 18.2 Å². The molecule has 5 heteroatoms. The van der Waals surface area contributed by atoms with Gasteiger partial charge in [-0.3, -0.25) is 0 Å². The minimum absolute atomic E-state index is 0.223. The molecule has 0 aliphatic heterocycles. The SMILES string of the molecule is CCC(C)(C)OC(=O)Oc1cc(F)cc(F)c1. The second-order valence-corrected chi connectivity index (χ2v) is 4.17. The minimum Gasteiger partial charge on any atom is -0.428 e. The summed E-state index contributed by atoms with van der Waals surface area (Å²) >= 11 is 0. The van der Waals surface area contributed by atoms with E-state index in [1.165, 1.54) is 0 Å². The van der Waals surface area contributed by atoms with Gasteiger partial charge in [-0.2, -0.15) is 0 Å². The summed E-state index contributed by atoms with van der Waals surface area (Å²) in [5.74, 6) is -1.86. The van der Waals surface area contributed by atoms with Crippen LogP contribution in [-0.4, -0.2) is 11.8 Å². The van der Waals surface area contributed by atoms with Gasteiger partial charge in [0.2, 0.25) is 0 Å². The van der Waals surface area contributed by atoms with E-state index in [4.69, 9.17) is 4.74 Å². The average molecular weight is 244 g/mol. The van der Waals surface area contributed by atoms with Gasteiger partial charge in [0.1, 0.15) is 23.0 Å². The number of carbonyl (C=O) groups is 1. The predicted octanol–water partition coefficient (Wildman–Crippen LogP) is 3.67. The van der Waals surface area contributed by atoms with Crippen molar-refractivity contribution in [3.05, 3.63) is 29.8 Å². The number of rotatable bonds is 3. The summed E-state index contributed by atoms with van der Waals surface area (Å²) in [5, 5.41) is 0. The first kappa shape index (κ1) is 13.4. The molecule has 17 heavy (non-hydrogen) atoms. The molecule has 0 aliphatic carbocycles. The fourth-order valence-corrected chi connectivity index (χ4v) is 1.00. The molecular weight excluding hydrogens is 230 g/mol. The number of hydrogen-bond acceptors (Lipinski definition) is 3. The summed E-state index contributed by atoms with van der Waals surface area (Å²) in [6.45, 7) is 5.26. The van der Waals surface area contributed by atoms with E-state index < -0.39 is 23.4 Å². The fourth-order valence-electron chi connectivity index (χ4n) is 1.00. The molecule has 1 aromatic rings. The monoisotopic (exact) mass is 244 g/mol. The highest BCUT2D eigenvalue weighted by Gasteiger charge is 2.22. The smallest absolute Gasteiger partial charge is 0.428 e. The van der Waals surface area contributed by atoms with Crippen molar-refractivity contribution < 1.29 is 23.0 Å². The van der Waals surface area contributed by atoms with Gasteiger partial charge in [-0.15, -0.1) is 0 Å². The third-order valence-corrected chi connectivity index (χ3v) is 2.25. The van der Waals surface area contributed by atoms with Crippen LogP contribution in [-0.2, 0) is 4.74 Å². The summed E-state index contributed by atoms with van der Waals surface area (Å²) in [5.41, 5.74) is -0.678. The predicted molar refractivity (Wildman–Crippen MR) is 57.8 cm³/mol. The van der Waals surface area contributed by atoms with E-state index >= 15 is 0 Å². The number of halogens is 2. The van der Waals surface area contributed by atoms with E-state index in [0.29, 0.717) is 12.5 Å². The molecule has 0 saturated carbocycles. The zero-order valence-corrected chi connectivity index (χ0v) is 9.92. The molecular formula is C12H14F2O3. The van der Waals surface area contributed by atoms with Crippen LogP contribution in [0.4, 0.5) is 13.6 Å². The quantitative estimate of drug-likeness (QED) is 0.601. The zero-order chi connectivity index (χ0) is 13.1. The molecule has 0 atom stereocenters. The minimum atomic E-state index is -0.984. The van der Waals surface area contributed by atoms with E-state index in [0.717, 1.165) is 12.1 Å². The second-order valence-electron chi connectivity index (χ2n) is 4.17. The van der Waals surface area contributed by atoms with Crippen molar-refractivity contribution in [2.45, 2.75) is 32.8 Å². The summed E-state index contributed by atoms with van der Waals surface area (Å²) in [6.07, 6.45) is -0.388. The average Bonchev–Trinajstić information content (AvgIpc) is 2.14. The fraction of sp³-hybridized carbons (Fsp3) is 0.417. The number of benzene rings is 1. The molecule has 0 bridgehead atoms. The number of carbonyl (C=O) groups excluding carboxylic acids is 1. The number of ether oxygens (including phenoxy) is 2. The first-order chi connectivity index (χ1) is 7.82. The molecule has 1 rings (SSSR count). The van der Waals surface area contributed by atoms with Crippen LogP contribution in [0, 0.1) is 11.6 Å². The van der Waals surface area contributed by atoms with Crippen molar-refractivity contribution in [1.82, 2.24) is 0 Å². The Balaban J connectivity index is 2.68. The first-order valence-electron chi connectivity index (χ1n) is 5.19. The first-order valence-corrected chi connectivity index (χ1v) is 5.19. The largest absolute Gasteiger partial charge is 0.514 e. The maximum atomic E-state index is 12.8. The highest BCUT2D eigenvalue weighted by molar-refractivity contribution is 5.64. The van der Waals surface area contributed by atoms with Gasteiger partial charge in [0.05, 0.1) is 0 Å². The topological polar surface area (TPSA) is 35.5 Å². The van der Waals surface area contributed by atoms with E-state index in [-0.39, 0.29) is 5.75 Å². The standard InChI is InChI=1S/C12H14F2O3/c1-4-12(2,3)17-11(15)16-10-6-8(13)5-9(14)7-10/h5-7H,4H2,1-3H3. The van der Waals surface area contributed by atoms with Crippen molar-refractivity contribution in [3.63, 3.8) is 0 Å². The van der Waals surface area contributed by atoms with Gasteiger partial charge in [-0.25, -0.2) is 13.6 Å². The van der Waals surface area contributed by atoms with E-state index in [1.807, 2.05) is 6.92 Å². The Morgan fingerprint density at radius 1 is 1.24 bits per heavy atom. The maximum Gasteiger partial charge on any atom is 0.514 e. The van der Waals surface area contributed by atoms with Crippen molar-refractivity contribution in [2.24, 2.45) is 0 Å². The van der Waals surface area contributed by atoms with Crippen LogP contribution in [0.5, 0.6) is 5.75 Å². The molecule has 94 valence electrons. The third kappa shape index (κ3) is 4.38. The van der Waals surface area contributed by atoms with Crippen LogP contribution in [0.1, 0.15) is 27.2 Å². The number of hydrogen-bond donors (Lipinski definition) is 0. The maximum absolute atomic E-state index is 12.8. The lowest BCUT2D eigenvalue weighted by molar-refractivity contribution is 0.00699. The van der Waals surface area contributed by atoms with Gasteiger partial charge < -0.3 is 9.47 Å². The molecule has 0 spiro atoms. The molecule has 0 aliphatic rings. The van der Waals surface area contributed by atoms with Crippen molar-refractivity contribution in [2.75, 3.05) is 0 Å². The van der Waals surface area contributed by atoms with Crippen LogP contribution in [0.15, 0.2) is 18.2 Å². The Morgan fingerprint density at radius 2 is 1.76 bits per heavy atom. The second kappa shape index (κ2) is 5.12. The third-order valence-electron chi connectivity index (χ3n) is 2.25. The Kier molecular flexibility index (Phi) is 4.04. The Labute approximate surface area is 98.3 Å². The van der Waals surface area contributed by atoms with E-state index in [1.54, 1.807) is 13.8 Å². The van der Waals surface area contributed by atoms with E-state index in [2.05, 4.69) is 4.74 Å². The van der Waals surface area contributed by atoms with Gasteiger partial charge in [0.15, 0.2) is 0 Å². The lowest BCUT2D eigenvalue weighted by atomic mass is 10.1. The molecule has 0 aromatic heterocycles. The lowest BCUT2D eigenvalue weighted by Crippen LogP contribution is -2.28. The van der Waals surface area contributed by atoms with Gasteiger partial charge in [-0.05, 0) is 20.3 Å². The van der Waals surface area contributed by atoms with E-state index in [9.17, 15) is 13.6 Å². The zero-order valence-electron chi connectivity index (χ0n) is 9.92. The van der Waals surface area contributed by atoms with Gasteiger partial charge in [0.25, 0.3) is 0 Å². The highest BCUT2D eigenvalue weighted by Crippen LogP contribution is 2.19. The van der Waals surface area contributed by atoms with Crippen LogP contribution in [0.3, 0.4) is 0 Å².